The quantitative estimate of drug-likeness (QED) is 0.0937. The number of amides is 4. The molecule has 0 bridgehead atoms. The van der Waals surface area contributed by atoms with Gasteiger partial charge < -0.3 is 49.5 Å². The van der Waals surface area contributed by atoms with Crippen molar-refractivity contribution in [2.45, 2.75) is 122 Å². The molecule has 3 fully saturated rings. The van der Waals surface area contributed by atoms with Gasteiger partial charge in [0.05, 0.1) is 66.0 Å². The van der Waals surface area contributed by atoms with Crippen molar-refractivity contribution in [1.82, 2.24) is 45.4 Å². The summed E-state index contributed by atoms with van der Waals surface area (Å²) in [7, 11) is 2.60. The summed E-state index contributed by atoms with van der Waals surface area (Å²) in [4.78, 5) is 80.8. The maximum Gasteiger partial charge on any atom is 0.407 e. The molecule has 68 heavy (non-hydrogen) atoms. The van der Waals surface area contributed by atoms with Gasteiger partial charge >= 0.3 is 12.2 Å². The molecule has 18 heteroatoms. The highest BCUT2D eigenvalue weighted by molar-refractivity contribution is 7.11. The minimum absolute atomic E-state index is 0.000282. The van der Waals surface area contributed by atoms with Crippen LogP contribution in [-0.2, 0) is 25.5 Å². The lowest BCUT2D eigenvalue weighted by atomic mass is 9.92. The molecule has 2 unspecified atom stereocenters. The highest BCUT2D eigenvalue weighted by Crippen LogP contribution is 2.55. The lowest BCUT2D eigenvalue weighted by Gasteiger charge is -2.41. The number of anilines is 1. The predicted octanol–water partition coefficient (Wildman–Crippen LogP) is 8.39. The van der Waals surface area contributed by atoms with Gasteiger partial charge in [0, 0.05) is 42.0 Å². The number of H-pyrrole nitrogens is 2. The van der Waals surface area contributed by atoms with Crippen LogP contribution in [0.4, 0.5) is 15.3 Å². The number of benzene rings is 2. The number of methoxy groups -OCH3 is 2. The molecule has 358 valence electrons. The summed E-state index contributed by atoms with van der Waals surface area (Å²) in [5.41, 5.74) is 8.18. The van der Waals surface area contributed by atoms with Gasteiger partial charge in [0.1, 0.15) is 29.5 Å². The Balaban J connectivity index is 0.930. The number of imidazole rings is 2. The molecular weight excluding hydrogens is 885 g/mol. The van der Waals surface area contributed by atoms with Crippen LogP contribution in [0.3, 0.4) is 0 Å². The summed E-state index contributed by atoms with van der Waals surface area (Å²) in [5, 5.41) is 6.63. The van der Waals surface area contributed by atoms with Crippen LogP contribution in [0, 0.1) is 18.8 Å². The van der Waals surface area contributed by atoms with Gasteiger partial charge in [-0.3, -0.25) is 9.59 Å². The maximum absolute atomic E-state index is 13.9. The van der Waals surface area contributed by atoms with Crippen LogP contribution in [0.5, 0.6) is 5.75 Å². The summed E-state index contributed by atoms with van der Waals surface area (Å²) in [6, 6.07) is 8.95. The fourth-order valence-corrected chi connectivity index (χ4v) is 11.7. The van der Waals surface area contributed by atoms with E-state index in [2.05, 4.69) is 62.8 Å². The van der Waals surface area contributed by atoms with E-state index in [1.165, 1.54) is 32.6 Å². The van der Waals surface area contributed by atoms with E-state index in [1.807, 2.05) is 56.1 Å². The second-order valence-electron chi connectivity index (χ2n) is 19.5. The average molecular weight is 945 g/mol. The van der Waals surface area contributed by atoms with E-state index in [4.69, 9.17) is 29.2 Å². The summed E-state index contributed by atoms with van der Waals surface area (Å²) in [6.07, 6.45) is 10.3. The zero-order chi connectivity index (χ0) is 47.5. The van der Waals surface area contributed by atoms with Crippen molar-refractivity contribution in [3.63, 3.8) is 0 Å². The van der Waals surface area contributed by atoms with Crippen molar-refractivity contribution in [1.29, 1.82) is 0 Å². The number of nitrogens with zero attached hydrogens (tertiary/aromatic N) is 6. The van der Waals surface area contributed by atoms with Crippen LogP contribution in [0.25, 0.3) is 22.5 Å². The third-order valence-electron chi connectivity index (χ3n) is 14.3. The topological polar surface area (TPSA) is 200 Å². The number of fused-ring (bicyclic) bond motifs is 5. The SMILES string of the molecule is COC(=O)N[C@H](C(=O)N1CCC[C@H]1c1ncc(-c2ccc3c(c2)CC2c4c(C)cc(-c5cnc([C@@H]6CCCN6C(=O)[C@@H](NC(=O)OC)C(C)C)[nH]5)cc4OC(c4cnc(C5CC5)s4)N32)[nH]1)C(C)C. The number of thiazole rings is 1. The van der Waals surface area contributed by atoms with Crippen molar-refractivity contribution < 1.29 is 33.4 Å². The highest BCUT2D eigenvalue weighted by Gasteiger charge is 2.45. The van der Waals surface area contributed by atoms with Crippen LogP contribution >= 0.6 is 11.3 Å². The summed E-state index contributed by atoms with van der Waals surface area (Å²) in [6.45, 7) is 10.9. The average Bonchev–Trinajstić information content (AvgIpc) is 4.05. The number of carbonyl (C=O) groups excluding carboxylic acids is 4. The maximum atomic E-state index is 13.9. The number of ether oxygens (including phenoxy) is 3. The molecule has 1 aliphatic carbocycles. The number of carbonyl (C=O) groups is 4. The minimum Gasteiger partial charge on any atom is -0.465 e. The number of aromatic nitrogens is 5. The summed E-state index contributed by atoms with van der Waals surface area (Å²) in [5.74, 6) is 2.22. The van der Waals surface area contributed by atoms with Gasteiger partial charge in [-0.2, -0.15) is 0 Å². The van der Waals surface area contributed by atoms with E-state index in [1.54, 1.807) is 11.3 Å². The van der Waals surface area contributed by atoms with Gasteiger partial charge in [-0.25, -0.2) is 24.5 Å². The van der Waals surface area contributed by atoms with Crippen molar-refractivity contribution in [3.05, 3.63) is 87.1 Å². The second kappa shape index (κ2) is 18.2. The molecule has 0 spiro atoms. The number of rotatable bonds is 12. The second-order valence-corrected chi connectivity index (χ2v) is 20.6. The van der Waals surface area contributed by atoms with Crippen LogP contribution in [0.1, 0.15) is 135 Å². The Morgan fingerprint density at radius 3 is 1.90 bits per heavy atom. The van der Waals surface area contributed by atoms with Crippen LogP contribution in [-0.4, -0.2) is 98.1 Å². The first-order valence-electron chi connectivity index (χ1n) is 23.9. The van der Waals surface area contributed by atoms with E-state index in [0.29, 0.717) is 24.8 Å². The van der Waals surface area contributed by atoms with Crippen molar-refractivity contribution >= 4 is 41.0 Å². The molecule has 17 nitrogen and oxygen atoms in total. The molecule has 2 saturated heterocycles. The molecular formula is C50H60N10O7S. The smallest absolute Gasteiger partial charge is 0.407 e. The Morgan fingerprint density at radius 1 is 0.750 bits per heavy atom. The Morgan fingerprint density at radius 2 is 1.34 bits per heavy atom. The molecule has 7 heterocycles. The molecule has 4 N–H and O–H groups in total. The van der Waals surface area contributed by atoms with Gasteiger partial charge in [-0.05, 0) is 105 Å². The zero-order valence-corrected chi connectivity index (χ0v) is 40.4. The number of aryl methyl sites for hydroxylation is 1. The predicted molar refractivity (Wildman–Crippen MR) is 255 cm³/mol. The Hall–Kier alpha value is -6.43. The fourth-order valence-electron chi connectivity index (χ4n) is 10.6. The Kier molecular flexibility index (Phi) is 12.2. The van der Waals surface area contributed by atoms with Crippen LogP contribution < -0.4 is 20.3 Å². The van der Waals surface area contributed by atoms with Crippen molar-refractivity contribution in [3.8, 4) is 28.3 Å². The van der Waals surface area contributed by atoms with E-state index in [-0.39, 0.29) is 41.8 Å². The summed E-state index contributed by atoms with van der Waals surface area (Å²) >= 11 is 1.74. The van der Waals surface area contributed by atoms with Crippen LogP contribution in [0.2, 0.25) is 0 Å². The summed E-state index contributed by atoms with van der Waals surface area (Å²) < 4.78 is 16.8. The number of hydrogen-bond donors (Lipinski definition) is 4. The molecule has 6 atom stereocenters. The molecule has 5 aromatic rings. The van der Waals surface area contributed by atoms with Gasteiger partial charge in [-0.1, -0.05) is 33.8 Å². The van der Waals surface area contributed by atoms with Gasteiger partial charge in [0.15, 0.2) is 0 Å². The standard InChI is InChI=1S/C50H60N10O7S/c1-25(2)41(56-49(63)65-6)46(61)58-16-8-10-35(58)43-51-22-32(54-43)29-14-15-34-31(19-29)20-37-40-27(5)18-30(21-38(40)67-48(60(34)37)39-24-53-45(68-39)28-12-13-28)33-23-52-44(55-33)36-11-9-17-59(36)47(62)42(26(3)4)57-50(64)66-7/h14-15,18-19,21-26,28,35-37,41-42,48H,8-13,16-17,20H2,1-7H3,(H,51,54)(H,52,55)(H,56,63)(H,57,64)/t35-,36-,37?,41-,42-,48?/m0/s1. The Labute approximate surface area is 399 Å². The number of nitrogens with one attached hydrogen (secondary N) is 4. The lowest BCUT2D eigenvalue weighted by Crippen LogP contribution is -2.51. The molecule has 0 radical (unpaired) electrons. The monoisotopic (exact) mass is 944 g/mol. The van der Waals surface area contributed by atoms with Gasteiger partial charge in [0.2, 0.25) is 18.0 Å². The van der Waals surface area contributed by atoms with E-state index in [0.717, 1.165) is 92.9 Å². The molecule has 2 aromatic carbocycles. The molecule has 4 amide bonds. The molecule has 5 aliphatic rings. The lowest BCUT2D eigenvalue weighted by molar-refractivity contribution is -0.136. The molecule has 4 aliphatic heterocycles. The van der Waals surface area contributed by atoms with E-state index < -0.39 is 30.5 Å². The Bertz CT molecular complexity index is 2740. The van der Waals surface area contributed by atoms with Crippen LogP contribution in [0.15, 0.2) is 48.9 Å². The van der Waals surface area contributed by atoms with Gasteiger partial charge in [0.25, 0.3) is 0 Å². The number of hydrogen-bond acceptors (Lipinski definition) is 12. The van der Waals surface area contributed by atoms with E-state index in [9.17, 15) is 19.2 Å². The number of likely N-dealkylation sites (tertiary alicyclic amines) is 2. The molecule has 1 saturated carbocycles. The highest BCUT2D eigenvalue weighted by atomic mass is 32.1. The third-order valence-corrected chi connectivity index (χ3v) is 15.5. The number of aromatic amines is 2. The fraction of sp³-hybridized carbons (Fsp3) is 0.500. The third kappa shape index (κ3) is 8.34. The van der Waals surface area contributed by atoms with Crippen molar-refractivity contribution in [2.75, 3.05) is 32.2 Å². The first-order chi connectivity index (χ1) is 32.8. The largest absolute Gasteiger partial charge is 0.465 e. The molecule has 3 aromatic heterocycles. The normalized spacial score (nSPS) is 21.6. The first kappa shape index (κ1) is 45.4. The number of alkyl carbamates (subject to hydrolysis) is 2. The molecule has 10 rings (SSSR count). The minimum atomic E-state index is -0.717. The first-order valence-corrected chi connectivity index (χ1v) is 24.7. The van der Waals surface area contributed by atoms with Gasteiger partial charge in [-0.15, -0.1) is 11.3 Å². The van der Waals surface area contributed by atoms with E-state index >= 15 is 0 Å². The zero-order valence-electron chi connectivity index (χ0n) is 39.6. The van der Waals surface area contributed by atoms with Crippen molar-refractivity contribution in [2.24, 2.45) is 11.8 Å².